The van der Waals surface area contributed by atoms with Crippen LogP contribution in [0.3, 0.4) is 0 Å². The van der Waals surface area contributed by atoms with Crippen molar-refractivity contribution >= 4 is 16.0 Å². The molecule has 1 aliphatic heterocycles. The van der Waals surface area contributed by atoms with Crippen LogP contribution >= 0.6 is 0 Å². The number of carbonyl (C=O) groups excluding carboxylic acids is 1. The van der Waals surface area contributed by atoms with Crippen molar-refractivity contribution in [2.24, 2.45) is 0 Å². The van der Waals surface area contributed by atoms with Crippen molar-refractivity contribution < 1.29 is 17.9 Å². The Balaban J connectivity index is 2.25. The lowest BCUT2D eigenvalue weighted by atomic mass is 9.92. The Morgan fingerprint density at radius 3 is 2.62 bits per heavy atom. The molecule has 0 aromatic heterocycles. The van der Waals surface area contributed by atoms with Gasteiger partial charge < -0.3 is 10.1 Å². The molecule has 1 aliphatic rings. The number of nitrogens with one attached hydrogen (secondary N) is 2. The summed E-state index contributed by atoms with van der Waals surface area (Å²) in [5.74, 6) is -0.555. The third-order valence-electron chi connectivity index (χ3n) is 3.65. The number of sulfonamides is 1. The van der Waals surface area contributed by atoms with Gasteiger partial charge in [-0.25, -0.2) is 17.9 Å². The van der Waals surface area contributed by atoms with Gasteiger partial charge in [-0.2, -0.15) is 0 Å². The van der Waals surface area contributed by atoms with Crippen LogP contribution in [0.5, 0.6) is 0 Å². The fourth-order valence-corrected chi connectivity index (χ4v) is 3.88. The number of carbonyl (C=O) groups is 1. The van der Waals surface area contributed by atoms with Gasteiger partial charge in [0, 0.05) is 5.54 Å². The predicted octanol–water partition coefficient (Wildman–Crippen LogP) is 0.894. The van der Waals surface area contributed by atoms with Gasteiger partial charge in [0.05, 0.1) is 17.6 Å². The Morgan fingerprint density at radius 1 is 1.33 bits per heavy atom. The Kier molecular flexibility index (Phi) is 4.65. The number of hydrogen-bond donors (Lipinski definition) is 2. The number of rotatable bonds is 4. The number of esters is 1. The fraction of sp³-hybridized carbons (Fsp3) is 0.500. The minimum Gasteiger partial charge on any atom is -0.465 e. The monoisotopic (exact) mass is 312 g/mol. The third kappa shape index (κ3) is 3.81. The first-order chi connectivity index (χ1) is 9.86. The highest BCUT2D eigenvalue weighted by molar-refractivity contribution is 7.89. The maximum Gasteiger partial charge on any atom is 0.337 e. The topological polar surface area (TPSA) is 84.5 Å². The van der Waals surface area contributed by atoms with E-state index in [9.17, 15) is 13.2 Å². The molecule has 21 heavy (non-hydrogen) atoms. The minimum absolute atomic E-state index is 0.0742. The van der Waals surface area contributed by atoms with E-state index in [1.165, 1.54) is 31.4 Å². The molecular weight excluding hydrogens is 292 g/mol. The van der Waals surface area contributed by atoms with E-state index in [0.717, 1.165) is 25.9 Å². The Labute approximate surface area is 124 Å². The van der Waals surface area contributed by atoms with Crippen LogP contribution in [0.2, 0.25) is 0 Å². The number of piperidine rings is 1. The van der Waals surface area contributed by atoms with Crippen LogP contribution in [0.25, 0.3) is 0 Å². The van der Waals surface area contributed by atoms with Gasteiger partial charge in [0.25, 0.3) is 0 Å². The van der Waals surface area contributed by atoms with E-state index in [2.05, 4.69) is 14.8 Å². The lowest BCUT2D eigenvalue weighted by Crippen LogP contribution is -2.52. The van der Waals surface area contributed by atoms with E-state index in [0.29, 0.717) is 0 Å². The summed E-state index contributed by atoms with van der Waals surface area (Å²) in [5, 5.41) is 3.20. The van der Waals surface area contributed by atoms with Crippen molar-refractivity contribution in [2.45, 2.75) is 30.2 Å². The van der Waals surface area contributed by atoms with Gasteiger partial charge in [-0.3, -0.25) is 0 Å². The summed E-state index contributed by atoms with van der Waals surface area (Å²) in [6.45, 7) is 3.46. The average molecular weight is 312 g/mol. The van der Waals surface area contributed by atoms with Crippen molar-refractivity contribution in [2.75, 3.05) is 20.2 Å². The van der Waals surface area contributed by atoms with Crippen LogP contribution in [-0.2, 0) is 14.8 Å². The zero-order valence-electron chi connectivity index (χ0n) is 12.2. The second-order valence-electron chi connectivity index (χ2n) is 5.44. The molecule has 2 N–H and O–H groups in total. The summed E-state index contributed by atoms with van der Waals surface area (Å²) in [7, 11) is -2.41. The molecule has 0 unspecified atom stereocenters. The summed E-state index contributed by atoms with van der Waals surface area (Å²) < 4.78 is 32.3. The number of hydrogen-bond acceptors (Lipinski definition) is 5. The predicted molar refractivity (Wildman–Crippen MR) is 78.6 cm³/mol. The molecule has 0 atom stereocenters. The van der Waals surface area contributed by atoms with Crippen LogP contribution in [0, 0.1) is 0 Å². The van der Waals surface area contributed by atoms with Gasteiger partial charge in [-0.15, -0.1) is 0 Å². The standard InChI is InChI=1S/C14H20N2O4S/c1-14(6-8-15-9-7-14)16-21(18,19)12-5-3-4-11(10-12)13(17)20-2/h3-5,10,15-16H,6-9H2,1-2H3. The lowest BCUT2D eigenvalue weighted by Gasteiger charge is -2.34. The van der Waals surface area contributed by atoms with Crippen molar-refractivity contribution in [3.05, 3.63) is 29.8 Å². The smallest absolute Gasteiger partial charge is 0.337 e. The van der Waals surface area contributed by atoms with E-state index in [1.807, 2.05) is 6.92 Å². The zero-order valence-corrected chi connectivity index (χ0v) is 13.0. The molecule has 7 heteroatoms. The second kappa shape index (κ2) is 6.13. The first-order valence-corrected chi connectivity index (χ1v) is 8.28. The largest absolute Gasteiger partial charge is 0.465 e. The number of ether oxygens (including phenoxy) is 1. The van der Waals surface area contributed by atoms with E-state index >= 15 is 0 Å². The van der Waals surface area contributed by atoms with E-state index in [-0.39, 0.29) is 10.5 Å². The summed E-state index contributed by atoms with van der Waals surface area (Å²) in [5.41, 5.74) is -0.249. The van der Waals surface area contributed by atoms with E-state index < -0.39 is 21.5 Å². The molecule has 1 aromatic rings. The molecule has 2 rings (SSSR count). The van der Waals surface area contributed by atoms with Crippen molar-refractivity contribution in [1.82, 2.24) is 10.0 Å². The Morgan fingerprint density at radius 2 is 2.00 bits per heavy atom. The molecule has 0 spiro atoms. The summed E-state index contributed by atoms with van der Waals surface area (Å²) in [4.78, 5) is 11.6. The second-order valence-corrected chi connectivity index (χ2v) is 7.12. The molecule has 1 aromatic carbocycles. The quantitative estimate of drug-likeness (QED) is 0.807. The van der Waals surface area contributed by atoms with Crippen LogP contribution < -0.4 is 10.0 Å². The van der Waals surface area contributed by atoms with Crippen LogP contribution in [-0.4, -0.2) is 40.1 Å². The maximum absolute atomic E-state index is 12.5. The van der Waals surface area contributed by atoms with Gasteiger partial charge in [0.15, 0.2) is 0 Å². The van der Waals surface area contributed by atoms with Gasteiger partial charge in [-0.1, -0.05) is 6.07 Å². The zero-order chi connectivity index (χ0) is 15.5. The number of benzene rings is 1. The average Bonchev–Trinajstić information content (AvgIpc) is 2.46. The van der Waals surface area contributed by atoms with Gasteiger partial charge in [0.2, 0.25) is 10.0 Å². The Bertz CT molecular complexity index is 622. The molecular formula is C14H20N2O4S. The van der Waals surface area contributed by atoms with Crippen molar-refractivity contribution in [3.63, 3.8) is 0 Å². The molecule has 0 aliphatic carbocycles. The number of methoxy groups -OCH3 is 1. The van der Waals surface area contributed by atoms with Crippen molar-refractivity contribution in [3.8, 4) is 0 Å². The van der Waals surface area contributed by atoms with E-state index in [1.54, 1.807) is 0 Å². The highest BCUT2D eigenvalue weighted by Crippen LogP contribution is 2.21. The van der Waals surface area contributed by atoms with Gasteiger partial charge >= 0.3 is 5.97 Å². The molecule has 116 valence electrons. The Hall–Kier alpha value is -1.44. The molecule has 6 nitrogen and oxygen atoms in total. The molecule has 0 radical (unpaired) electrons. The highest BCUT2D eigenvalue weighted by Gasteiger charge is 2.32. The van der Waals surface area contributed by atoms with Crippen LogP contribution in [0.4, 0.5) is 0 Å². The fourth-order valence-electron chi connectivity index (χ4n) is 2.37. The molecule has 1 saturated heterocycles. The highest BCUT2D eigenvalue weighted by atomic mass is 32.2. The normalized spacial score (nSPS) is 18.2. The molecule has 1 fully saturated rings. The summed E-state index contributed by atoms with van der Waals surface area (Å²) >= 11 is 0. The third-order valence-corrected chi connectivity index (χ3v) is 5.29. The summed E-state index contributed by atoms with van der Waals surface area (Å²) in [6.07, 6.45) is 1.45. The van der Waals surface area contributed by atoms with Gasteiger partial charge in [-0.05, 0) is 51.1 Å². The van der Waals surface area contributed by atoms with Crippen LogP contribution in [0.1, 0.15) is 30.1 Å². The lowest BCUT2D eigenvalue weighted by molar-refractivity contribution is 0.0600. The van der Waals surface area contributed by atoms with Crippen LogP contribution in [0.15, 0.2) is 29.2 Å². The van der Waals surface area contributed by atoms with E-state index in [4.69, 9.17) is 0 Å². The maximum atomic E-state index is 12.5. The first-order valence-electron chi connectivity index (χ1n) is 6.79. The molecule has 0 amide bonds. The van der Waals surface area contributed by atoms with Gasteiger partial charge in [0.1, 0.15) is 0 Å². The first kappa shape index (κ1) is 15.9. The molecule has 1 heterocycles. The minimum atomic E-state index is -3.67. The molecule has 0 bridgehead atoms. The SMILES string of the molecule is COC(=O)c1cccc(S(=O)(=O)NC2(C)CCNCC2)c1. The van der Waals surface area contributed by atoms with Crippen molar-refractivity contribution in [1.29, 1.82) is 0 Å². The summed E-state index contributed by atoms with van der Waals surface area (Å²) in [6, 6.07) is 5.86. The molecule has 0 saturated carbocycles.